The van der Waals surface area contributed by atoms with Crippen molar-refractivity contribution in [1.29, 1.82) is 0 Å². The van der Waals surface area contributed by atoms with Crippen LogP contribution in [0.5, 0.6) is 0 Å². The molecule has 0 unspecified atom stereocenters. The molecule has 4 nitrogen and oxygen atoms in total. The molecule has 0 N–H and O–H groups in total. The summed E-state index contributed by atoms with van der Waals surface area (Å²) in [6.45, 7) is 3.84. The summed E-state index contributed by atoms with van der Waals surface area (Å²) in [6.07, 6.45) is 4.25. The second-order valence-corrected chi connectivity index (χ2v) is 7.10. The predicted molar refractivity (Wildman–Crippen MR) is 66.6 cm³/mol. The van der Waals surface area contributed by atoms with Crippen molar-refractivity contribution < 1.29 is 8.42 Å². The van der Waals surface area contributed by atoms with Crippen molar-refractivity contribution in [2.45, 2.75) is 33.1 Å². The molecule has 0 aromatic carbocycles. The van der Waals surface area contributed by atoms with E-state index in [1.165, 1.54) is 0 Å². The maximum absolute atomic E-state index is 11.6. The van der Waals surface area contributed by atoms with E-state index in [0.717, 1.165) is 36.3 Å². The number of hydrogen-bond acceptors (Lipinski definition) is 4. The highest BCUT2D eigenvalue weighted by Gasteiger charge is 2.25. The van der Waals surface area contributed by atoms with Gasteiger partial charge in [0, 0.05) is 6.20 Å². The van der Waals surface area contributed by atoms with Crippen LogP contribution in [0.2, 0.25) is 0 Å². The van der Waals surface area contributed by atoms with Crippen LogP contribution in [0.4, 0.5) is 0 Å². The van der Waals surface area contributed by atoms with E-state index in [9.17, 15) is 8.42 Å². The van der Waals surface area contributed by atoms with Crippen molar-refractivity contribution >= 4 is 9.84 Å². The van der Waals surface area contributed by atoms with Crippen LogP contribution < -0.4 is 0 Å². The highest BCUT2D eigenvalue weighted by molar-refractivity contribution is 7.91. The Kier molecular flexibility index (Phi) is 3.47. The molecule has 1 atom stereocenters. The first-order valence-electron chi connectivity index (χ1n) is 5.96. The topological polar surface area (TPSA) is 59.9 Å². The molecule has 2 heterocycles. The average Bonchev–Trinajstić information content (AvgIpc) is 2.22. The summed E-state index contributed by atoms with van der Waals surface area (Å²) in [5.41, 5.74) is 2.76. The van der Waals surface area contributed by atoms with Crippen molar-refractivity contribution in [1.82, 2.24) is 9.97 Å². The van der Waals surface area contributed by atoms with Crippen LogP contribution in [0.25, 0.3) is 0 Å². The van der Waals surface area contributed by atoms with Crippen LogP contribution in [-0.4, -0.2) is 29.9 Å². The van der Waals surface area contributed by atoms with Crippen molar-refractivity contribution in [3.05, 3.63) is 23.3 Å². The van der Waals surface area contributed by atoms with Gasteiger partial charge >= 0.3 is 0 Å². The Morgan fingerprint density at radius 1 is 1.41 bits per heavy atom. The summed E-state index contributed by atoms with van der Waals surface area (Å²) in [4.78, 5) is 8.73. The summed E-state index contributed by atoms with van der Waals surface area (Å²) in [5, 5.41) is 0. The van der Waals surface area contributed by atoms with E-state index in [-0.39, 0.29) is 5.92 Å². The molecule has 0 aliphatic carbocycles. The molecule has 1 fully saturated rings. The Hall–Kier alpha value is -0.970. The smallest absolute Gasteiger partial charge is 0.150 e. The molecule has 94 valence electrons. The van der Waals surface area contributed by atoms with Crippen LogP contribution in [0.15, 0.2) is 6.20 Å². The first-order chi connectivity index (χ1) is 7.96. The minimum Gasteiger partial charge on any atom is -0.258 e. The Morgan fingerprint density at radius 2 is 2.18 bits per heavy atom. The molecule has 17 heavy (non-hydrogen) atoms. The summed E-state index contributed by atoms with van der Waals surface area (Å²) < 4.78 is 23.1. The van der Waals surface area contributed by atoms with Crippen LogP contribution in [0.3, 0.4) is 0 Å². The summed E-state index contributed by atoms with van der Waals surface area (Å²) in [6, 6.07) is 0. The van der Waals surface area contributed by atoms with E-state index >= 15 is 0 Å². The van der Waals surface area contributed by atoms with Gasteiger partial charge in [0.1, 0.15) is 0 Å². The van der Waals surface area contributed by atoms with E-state index in [0.29, 0.717) is 11.5 Å². The van der Waals surface area contributed by atoms with Gasteiger partial charge in [-0.05, 0) is 39.0 Å². The maximum atomic E-state index is 11.6. The number of rotatable bonds is 2. The number of aromatic nitrogens is 2. The lowest BCUT2D eigenvalue weighted by Crippen LogP contribution is -2.27. The monoisotopic (exact) mass is 254 g/mol. The van der Waals surface area contributed by atoms with Crippen LogP contribution >= 0.6 is 0 Å². The van der Waals surface area contributed by atoms with E-state index in [4.69, 9.17) is 0 Å². The summed E-state index contributed by atoms with van der Waals surface area (Å²) in [5.74, 6) is 0.868. The van der Waals surface area contributed by atoms with Gasteiger partial charge < -0.3 is 0 Å². The lowest BCUT2D eigenvalue weighted by Gasteiger charge is -2.21. The SMILES string of the molecule is Cc1cnc(C)c(C[C@H]2CCCS(=O)(=O)C2)n1. The quantitative estimate of drug-likeness (QED) is 0.801. The molecular weight excluding hydrogens is 236 g/mol. The van der Waals surface area contributed by atoms with Gasteiger partial charge in [0.15, 0.2) is 9.84 Å². The van der Waals surface area contributed by atoms with Gasteiger partial charge in [0.05, 0.1) is 28.6 Å². The molecule has 1 aromatic rings. The fourth-order valence-corrected chi connectivity index (χ4v) is 4.11. The molecule has 5 heteroatoms. The summed E-state index contributed by atoms with van der Waals surface area (Å²) >= 11 is 0. The second kappa shape index (κ2) is 4.72. The zero-order chi connectivity index (χ0) is 12.5. The molecule has 0 bridgehead atoms. The van der Waals surface area contributed by atoms with Crippen molar-refractivity contribution in [3.63, 3.8) is 0 Å². The van der Waals surface area contributed by atoms with E-state index in [1.54, 1.807) is 6.20 Å². The molecule has 1 aliphatic rings. The molecule has 1 aromatic heterocycles. The van der Waals surface area contributed by atoms with Crippen molar-refractivity contribution in [3.8, 4) is 0 Å². The van der Waals surface area contributed by atoms with E-state index in [1.807, 2.05) is 13.8 Å². The molecule has 0 spiro atoms. The van der Waals surface area contributed by atoms with E-state index < -0.39 is 9.84 Å². The Bertz CT molecular complexity index is 511. The van der Waals surface area contributed by atoms with Gasteiger partial charge in [-0.3, -0.25) is 9.97 Å². The van der Waals surface area contributed by atoms with Gasteiger partial charge in [-0.2, -0.15) is 0 Å². The Balaban J connectivity index is 2.13. The van der Waals surface area contributed by atoms with Crippen molar-refractivity contribution in [2.75, 3.05) is 11.5 Å². The zero-order valence-corrected chi connectivity index (χ0v) is 11.1. The molecule has 0 amide bonds. The van der Waals surface area contributed by atoms with Gasteiger partial charge in [0.2, 0.25) is 0 Å². The molecule has 2 rings (SSSR count). The first kappa shape index (κ1) is 12.5. The fourth-order valence-electron chi connectivity index (χ4n) is 2.33. The highest BCUT2D eigenvalue weighted by atomic mass is 32.2. The van der Waals surface area contributed by atoms with Gasteiger partial charge in [-0.1, -0.05) is 0 Å². The van der Waals surface area contributed by atoms with Crippen LogP contribution in [0, 0.1) is 19.8 Å². The first-order valence-corrected chi connectivity index (χ1v) is 7.78. The molecule has 1 saturated heterocycles. The predicted octanol–water partition coefficient (Wildman–Crippen LogP) is 1.46. The minimum atomic E-state index is -2.82. The number of sulfone groups is 1. The lowest BCUT2D eigenvalue weighted by molar-refractivity contribution is 0.478. The Morgan fingerprint density at radius 3 is 2.88 bits per heavy atom. The summed E-state index contributed by atoms with van der Waals surface area (Å²) in [7, 11) is -2.82. The zero-order valence-electron chi connectivity index (χ0n) is 10.3. The van der Waals surface area contributed by atoms with Gasteiger partial charge in [0.25, 0.3) is 0 Å². The average molecular weight is 254 g/mol. The van der Waals surface area contributed by atoms with Crippen LogP contribution in [0.1, 0.15) is 29.9 Å². The van der Waals surface area contributed by atoms with Gasteiger partial charge in [-0.25, -0.2) is 8.42 Å². The molecule has 1 aliphatic heterocycles. The Labute approximate surface area is 102 Å². The largest absolute Gasteiger partial charge is 0.258 e. The lowest BCUT2D eigenvalue weighted by atomic mass is 9.98. The normalized spacial score (nSPS) is 23.5. The highest BCUT2D eigenvalue weighted by Crippen LogP contribution is 2.22. The fraction of sp³-hybridized carbons (Fsp3) is 0.667. The third kappa shape index (κ3) is 3.25. The molecule has 0 saturated carbocycles. The second-order valence-electron chi connectivity index (χ2n) is 4.87. The van der Waals surface area contributed by atoms with Crippen LogP contribution in [-0.2, 0) is 16.3 Å². The van der Waals surface area contributed by atoms with Gasteiger partial charge in [-0.15, -0.1) is 0 Å². The minimum absolute atomic E-state index is 0.212. The third-order valence-corrected chi connectivity index (χ3v) is 5.10. The maximum Gasteiger partial charge on any atom is 0.150 e. The standard InChI is InChI=1S/C12H18N2O2S/c1-9-7-13-10(2)12(14-9)6-11-4-3-5-17(15,16)8-11/h7,11H,3-6,8H2,1-2H3/t11-/m1/s1. The third-order valence-electron chi connectivity index (χ3n) is 3.21. The number of hydrogen-bond donors (Lipinski definition) is 0. The van der Waals surface area contributed by atoms with E-state index in [2.05, 4.69) is 9.97 Å². The van der Waals surface area contributed by atoms with Crippen molar-refractivity contribution in [2.24, 2.45) is 5.92 Å². The molecular formula is C12H18N2O2S. The molecule has 0 radical (unpaired) electrons. The number of nitrogens with zero attached hydrogens (tertiary/aromatic N) is 2. The number of aryl methyl sites for hydroxylation is 2.